The van der Waals surface area contributed by atoms with Gasteiger partial charge in [0.15, 0.2) is 0 Å². The number of guanidine groups is 1. The van der Waals surface area contributed by atoms with E-state index < -0.39 is 0 Å². The van der Waals surface area contributed by atoms with Gasteiger partial charge in [0.05, 0.1) is 0 Å². The summed E-state index contributed by atoms with van der Waals surface area (Å²) >= 11 is 0. The van der Waals surface area contributed by atoms with E-state index in [1.54, 1.807) is 6.20 Å². The van der Waals surface area contributed by atoms with Crippen LogP contribution in [0.3, 0.4) is 0 Å². The minimum atomic E-state index is 0.698. The number of benzene rings is 1. The molecule has 3 heteroatoms. The summed E-state index contributed by atoms with van der Waals surface area (Å²) in [7, 11) is 0. The molecule has 1 aliphatic rings. The van der Waals surface area contributed by atoms with Gasteiger partial charge in [-0.25, -0.2) is 4.99 Å². The first kappa shape index (κ1) is 8.56. The van der Waals surface area contributed by atoms with Gasteiger partial charge in [0.25, 0.3) is 0 Å². The van der Waals surface area contributed by atoms with Gasteiger partial charge in [-0.1, -0.05) is 24.8 Å². The number of nitrogens with zero attached hydrogens (tertiary/aromatic N) is 1. The molecule has 0 aromatic heterocycles. The van der Waals surface area contributed by atoms with Crippen LogP contribution in [0.25, 0.3) is 0 Å². The first-order valence-corrected chi connectivity index (χ1v) is 4.37. The van der Waals surface area contributed by atoms with Gasteiger partial charge in [0, 0.05) is 17.6 Å². The lowest BCUT2D eigenvalue weighted by molar-refractivity contribution is 1.13. The van der Waals surface area contributed by atoms with Crippen molar-refractivity contribution >= 4 is 11.6 Å². The molecule has 1 aromatic carbocycles. The molecule has 14 heavy (non-hydrogen) atoms. The van der Waals surface area contributed by atoms with E-state index in [9.17, 15) is 0 Å². The van der Waals surface area contributed by atoms with Gasteiger partial charge in [0.1, 0.15) is 0 Å². The summed E-state index contributed by atoms with van der Waals surface area (Å²) in [6, 6.07) is 9.86. The number of rotatable bonds is 1. The maximum absolute atomic E-state index is 4.13. The third-order valence-corrected chi connectivity index (χ3v) is 1.79. The van der Waals surface area contributed by atoms with Crippen molar-refractivity contribution in [3.8, 4) is 0 Å². The monoisotopic (exact) mass is 185 g/mol. The minimum absolute atomic E-state index is 0.698. The lowest BCUT2D eigenvalue weighted by Gasteiger charge is -2.13. The number of nitrogens with one attached hydrogen (secondary N) is 2. The molecule has 1 aliphatic heterocycles. The molecular weight excluding hydrogens is 174 g/mol. The van der Waals surface area contributed by atoms with E-state index in [-0.39, 0.29) is 0 Å². The van der Waals surface area contributed by atoms with Crippen molar-refractivity contribution in [3.63, 3.8) is 0 Å². The van der Waals surface area contributed by atoms with E-state index in [2.05, 4.69) is 22.2 Å². The van der Waals surface area contributed by atoms with Gasteiger partial charge in [-0.15, -0.1) is 0 Å². The van der Waals surface area contributed by atoms with Crippen molar-refractivity contribution in [2.75, 3.05) is 5.32 Å². The van der Waals surface area contributed by atoms with Crippen LogP contribution in [-0.2, 0) is 0 Å². The number of aliphatic imine (C=N–C) groups is 1. The predicted molar refractivity (Wildman–Crippen MR) is 58.9 cm³/mol. The average molecular weight is 185 g/mol. The fourth-order valence-electron chi connectivity index (χ4n) is 1.15. The van der Waals surface area contributed by atoms with Crippen LogP contribution in [-0.4, -0.2) is 5.96 Å². The Bertz CT molecular complexity index is 390. The standard InChI is InChI=1S/C11H11N3/c1-9-7-8-12-11(13-9)14-10-5-3-2-4-6-10/h2-8H,1H2,(H2,12,13,14). The molecular formula is C11H11N3. The van der Waals surface area contributed by atoms with Gasteiger partial charge >= 0.3 is 0 Å². The quantitative estimate of drug-likeness (QED) is 0.702. The Morgan fingerprint density at radius 3 is 2.71 bits per heavy atom. The van der Waals surface area contributed by atoms with Gasteiger partial charge in [0.2, 0.25) is 5.96 Å². The summed E-state index contributed by atoms with van der Waals surface area (Å²) in [5.74, 6) is 0.698. The van der Waals surface area contributed by atoms with Crippen LogP contribution in [0.5, 0.6) is 0 Å². The third kappa shape index (κ3) is 2.01. The first-order valence-electron chi connectivity index (χ1n) is 4.37. The highest BCUT2D eigenvalue weighted by molar-refractivity contribution is 5.95. The molecule has 3 nitrogen and oxygen atoms in total. The Morgan fingerprint density at radius 2 is 2.00 bits per heavy atom. The summed E-state index contributed by atoms with van der Waals surface area (Å²) in [5.41, 5.74) is 1.83. The van der Waals surface area contributed by atoms with Gasteiger partial charge < -0.3 is 10.6 Å². The normalized spacial score (nSPS) is 14.6. The Hall–Kier alpha value is -2.03. The Morgan fingerprint density at radius 1 is 1.21 bits per heavy atom. The van der Waals surface area contributed by atoms with Crippen LogP contribution >= 0.6 is 0 Å². The summed E-state index contributed by atoms with van der Waals surface area (Å²) in [5, 5.41) is 6.16. The molecule has 0 bridgehead atoms. The third-order valence-electron chi connectivity index (χ3n) is 1.79. The topological polar surface area (TPSA) is 36.4 Å². The number of hydrogen-bond donors (Lipinski definition) is 2. The Labute approximate surface area is 82.9 Å². The zero-order valence-electron chi connectivity index (χ0n) is 7.70. The molecule has 0 saturated carbocycles. The molecule has 0 saturated heterocycles. The minimum Gasteiger partial charge on any atom is -0.326 e. The first-order chi connectivity index (χ1) is 6.84. The molecule has 70 valence electrons. The molecule has 1 aromatic rings. The molecule has 0 spiro atoms. The van der Waals surface area contributed by atoms with Crippen LogP contribution in [0.4, 0.5) is 5.69 Å². The lowest BCUT2D eigenvalue weighted by Crippen LogP contribution is -2.30. The second kappa shape index (κ2) is 3.79. The molecule has 1 heterocycles. The van der Waals surface area contributed by atoms with Gasteiger partial charge in [-0.2, -0.15) is 0 Å². The van der Waals surface area contributed by atoms with E-state index in [1.165, 1.54) is 0 Å². The highest BCUT2D eigenvalue weighted by Crippen LogP contribution is 2.06. The van der Waals surface area contributed by atoms with E-state index in [1.807, 2.05) is 36.4 Å². The zero-order valence-corrected chi connectivity index (χ0v) is 7.70. The Balaban J connectivity index is 2.09. The molecule has 0 amide bonds. The number of allylic oxidation sites excluding steroid dienone is 1. The van der Waals surface area contributed by atoms with E-state index in [0.29, 0.717) is 5.96 Å². The average Bonchev–Trinajstić information content (AvgIpc) is 2.19. The second-order valence-electron chi connectivity index (χ2n) is 2.93. The summed E-state index contributed by atoms with van der Waals surface area (Å²) in [6.45, 7) is 3.79. The molecule has 0 atom stereocenters. The van der Waals surface area contributed by atoms with Gasteiger partial charge in [-0.05, 0) is 18.2 Å². The summed E-state index contributed by atoms with van der Waals surface area (Å²) < 4.78 is 0. The SMILES string of the molecule is C=C1C=CN=C(Nc2ccccc2)N1. The molecule has 2 N–H and O–H groups in total. The summed E-state index contributed by atoms with van der Waals surface area (Å²) in [6.07, 6.45) is 3.53. The van der Waals surface area contributed by atoms with Crippen LogP contribution in [0.2, 0.25) is 0 Å². The number of anilines is 1. The van der Waals surface area contributed by atoms with Crippen LogP contribution in [0.1, 0.15) is 0 Å². The predicted octanol–water partition coefficient (Wildman–Crippen LogP) is 2.09. The van der Waals surface area contributed by atoms with E-state index in [4.69, 9.17) is 0 Å². The summed E-state index contributed by atoms with van der Waals surface area (Å²) in [4.78, 5) is 4.13. The van der Waals surface area contributed by atoms with Crippen molar-refractivity contribution < 1.29 is 0 Å². The number of hydrogen-bond acceptors (Lipinski definition) is 3. The maximum atomic E-state index is 4.13. The van der Waals surface area contributed by atoms with Crippen molar-refractivity contribution in [1.29, 1.82) is 0 Å². The molecule has 0 unspecified atom stereocenters. The largest absolute Gasteiger partial charge is 0.326 e. The van der Waals surface area contributed by atoms with E-state index in [0.717, 1.165) is 11.4 Å². The lowest BCUT2D eigenvalue weighted by atomic mass is 10.3. The fourth-order valence-corrected chi connectivity index (χ4v) is 1.15. The highest BCUT2D eigenvalue weighted by Gasteiger charge is 2.01. The molecule has 0 fully saturated rings. The number of para-hydroxylation sites is 1. The van der Waals surface area contributed by atoms with E-state index >= 15 is 0 Å². The van der Waals surface area contributed by atoms with Crippen molar-refractivity contribution in [1.82, 2.24) is 5.32 Å². The van der Waals surface area contributed by atoms with Crippen LogP contribution in [0.15, 0.2) is 59.9 Å². The van der Waals surface area contributed by atoms with Crippen LogP contribution < -0.4 is 10.6 Å². The molecule has 0 radical (unpaired) electrons. The van der Waals surface area contributed by atoms with Crippen molar-refractivity contribution in [2.45, 2.75) is 0 Å². The van der Waals surface area contributed by atoms with Crippen LogP contribution in [0, 0.1) is 0 Å². The Kier molecular flexibility index (Phi) is 2.32. The molecule has 0 aliphatic carbocycles. The second-order valence-corrected chi connectivity index (χ2v) is 2.93. The zero-order chi connectivity index (χ0) is 9.80. The van der Waals surface area contributed by atoms with Gasteiger partial charge in [-0.3, -0.25) is 0 Å². The highest BCUT2D eigenvalue weighted by atomic mass is 15.2. The fraction of sp³-hybridized carbons (Fsp3) is 0. The smallest absolute Gasteiger partial charge is 0.204 e. The van der Waals surface area contributed by atoms with Crippen molar-refractivity contribution in [3.05, 3.63) is 54.9 Å². The molecule has 2 rings (SSSR count). The van der Waals surface area contributed by atoms with Crippen molar-refractivity contribution in [2.24, 2.45) is 4.99 Å². The maximum Gasteiger partial charge on any atom is 0.204 e.